The van der Waals surface area contributed by atoms with Crippen molar-refractivity contribution in [3.8, 4) is 0 Å². The van der Waals surface area contributed by atoms with Gasteiger partial charge in [-0.25, -0.2) is 0 Å². The first-order chi connectivity index (χ1) is 8.99. The molecule has 0 heterocycles. The lowest BCUT2D eigenvalue weighted by atomic mass is 10.0. The minimum Gasteiger partial charge on any atom is -0.385 e. The van der Waals surface area contributed by atoms with Gasteiger partial charge >= 0.3 is 6.18 Å². The lowest BCUT2D eigenvalue weighted by molar-refractivity contribution is -0.137. The van der Waals surface area contributed by atoms with Crippen LogP contribution in [0.2, 0.25) is 0 Å². The van der Waals surface area contributed by atoms with Gasteiger partial charge < -0.3 is 10.1 Å². The van der Waals surface area contributed by atoms with E-state index < -0.39 is 11.7 Å². The third-order valence-corrected chi connectivity index (χ3v) is 2.93. The quantitative estimate of drug-likeness (QED) is 0.765. The average Bonchev–Trinajstić information content (AvgIpc) is 2.37. The van der Waals surface area contributed by atoms with Crippen LogP contribution in [0.25, 0.3) is 0 Å². The largest absolute Gasteiger partial charge is 0.416 e. The highest BCUT2D eigenvalue weighted by Crippen LogP contribution is 2.30. The molecule has 108 valence electrons. The number of methoxy groups -OCH3 is 1. The number of nitrogens with one attached hydrogen (secondary N) is 1. The molecule has 0 aromatic heterocycles. The molecule has 0 aliphatic heterocycles. The van der Waals surface area contributed by atoms with Crippen LogP contribution in [-0.2, 0) is 10.9 Å². The zero-order valence-corrected chi connectivity index (χ0v) is 11.3. The Morgan fingerprint density at radius 1 is 1.21 bits per heavy atom. The van der Waals surface area contributed by atoms with Gasteiger partial charge in [0.15, 0.2) is 0 Å². The second-order valence-corrected chi connectivity index (χ2v) is 4.37. The van der Waals surface area contributed by atoms with E-state index in [1.165, 1.54) is 0 Å². The predicted molar refractivity (Wildman–Crippen MR) is 69.0 cm³/mol. The molecular formula is C14H20F3NO. The van der Waals surface area contributed by atoms with Crippen LogP contribution in [0.15, 0.2) is 24.3 Å². The number of benzene rings is 1. The minimum atomic E-state index is -4.28. The van der Waals surface area contributed by atoms with E-state index in [2.05, 4.69) is 5.32 Å². The Morgan fingerprint density at radius 2 is 1.84 bits per heavy atom. The highest BCUT2D eigenvalue weighted by atomic mass is 19.4. The summed E-state index contributed by atoms with van der Waals surface area (Å²) in [5, 5.41) is 3.28. The molecule has 0 saturated heterocycles. The molecule has 0 radical (unpaired) electrons. The smallest absolute Gasteiger partial charge is 0.385 e. The Labute approximate surface area is 112 Å². The second kappa shape index (κ2) is 7.50. The molecule has 1 rings (SSSR count). The molecule has 19 heavy (non-hydrogen) atoms. The van der Waals surface area contributed by atoms with Crippen LogP contribution in [-0.4, -0.2) is 20.3 Å². The van der Waals surface area contributed by atoms with Gasteiger partial charge in [-0.3, -0.25) is 0 Å². The topological polar surface area (TPSA) is 21.3 Å². The first-order valence-corrected chi connectivity index (χ1v) is 6.38. The first kappa shape index (κ1) is 16.0. The van der Waals surface area contributed by atoms with Gasteiger partial charge in [0.25, 0.3) is 0 Å². The maximum Gasteiger partial charge on any atom is 0.416 e. The molecule has 1 N–H and O–H groups in total. The van der Waals surface area contributed by atoms with E-state index in [9.17, 15) is 13.2 Å². The Morgan fingerprint density at radius 3 is 2.32 bits per heavy atom. The van der Waals surface area contributed by atoms with Crippen molar-refractivity contribution in [1.29, 1.82) is 0 Å². The maximum absolute atomic E-state index is 12.5. The summed E-state index contributed by atoms with van der Waals surface area (Å²) in [6, 6.07) is 5.43. The molecule has 0 saturated carbocycles. The molecule has 0 aliphatic carbocycles. The normalized spacial score (nSPS) is 13.5. The lowest BCUT2D eigenvalue weighted by Gasteiger charge is -2.19. The third kappa shape index (κ3) is 5.20. The van der Waals surface area contributed by atoms with Gasteiger partial charge in [-0.1, -0.05) is 19.1 Å². The zero-order chi connectivity index (χ0) is 14.3. The number of alkyl halides is 3. The monoisotopic (exact) mass is 275 g/mol. The summed E-state index contributed by atoms with van der Waals surface area (Å²) in [6.45, 7) is 3.41. The third-order valence-electron chi connectivity index (χ3n) is 2.93. The molecule has 1 unspecified atom stereocenters. The molecule has 2 nitrogen and oxygen atoms in total. The fourth-order valence-corrected chi connectivity index (χ4v) is 1.97. The van der Waals surface area contributed by atoms with Gasteiger partial charge in [0.1, 0.15) is 0 Å². The number of ether oxygens (including phenoxy) is 1. The van der Waals surface area contributed by atoms with Crippen LogP contribution in [0, 0.1) is 0 Å². The van der Waals surface area contributed by atoms with Crippen molar-refractivity contribution in [2.45, 2.75) is 32.0 Å². The van der Waals surface area contributed by atoms with Crippen LogP contribution in [0.5, 0.6) is 0 Å². The van der Waals surface area contributed by atoms with Crippen LogP contribution in [0.4, 0.5) is 13.2 Å². The van der Waals surface area contributed by atoms with Crippen molar-refractivity contribution in [3.05, 3.63) is 35.4 Å². The second-order valence-electron chi connectivity index (χ2n) is 4.37. The Balaban J connectivity index is 2.73. The highest BCUT2D eigenvalue weighted by Gasteiger charge is 2.30. The minimum absolute atomic E-state index is 0.0717. The van der Waals surface area contributed by atoms with Gasteiger partial charge in [-0.05, 0) is 37.1 Å². The van der Waals surface area contributed by atoms with Crippen LogP contribution < -0.4 is 5.32 Å². The summed E-state index contributed by atoms with van der Waals surface area (Å²) in [7, 11) is 1.64. The van der Waals surface area contributed by atoms with E-state index in [0.29, 0.717) is 6.61 Å². The van der Waals surface area contributed by atoms with E-state index in [-0.39, 0.29) is 6.04 Å². The Hall–Kier alpha value is -1.07. The van der Waals surface area contributed by atoms with Crippen LogP contribution >= 0.6 is 0 Å². The van der Waals surface area contributed by atoms with E-state index in [1.54, 1.807) is 19.2 Å². The average molecular weight is 275 g/mol. The standard InChI is InChI=1S/C14H20F3NO/c1-3-18-13(5-4-10-19-2)11-6-8-12(9-7-11)14(15,16)17/h6-9,13,18H,3-5,10H2,1-2H3. The summed E-state index contributed by atoms with van der Waals surface area (Å²) < 4.78 is 42.4. The molecular weight excluding hydrogens is 255 g/mol. The van der Waals surface area contributed by atoms with Crippen molar-refractivity contribution in [3.63, 3.8) is 0 Å². The van der Waals surface area contributed by atoms with E-state index in [4.69, 9.17) is 4.74 Å². The maximum atomic E-state index is 12.5. The van der Waals surface area contributed by atoms with Gasteiger partial charge in [0.2, 0.25) is 0 Å². The van der Waals surface area contributed by atoms with Crippen LogP contribution in [0.3, 0.4) is 0 Å². The number of halogens is 3. The van der Waals surface area contributed by atoms with E-state index >= 15 is 0 Å². The van der Waals surface area contributed by atoms with Crippen molar-refractivity contribution >= 4 is 0 Å². The fourth-order valence-electron chi connectivity index (χ4n) is 1.97. The molecule has 1 aromatic carbocycles. The number of hydrogen-bond acceptors (Lipinski definition) is 2. The van der Waals surface area contributed by atoms with Crippen molar-refractivity contribution in [2.75, 3.05) is 20.3 Å². The SMILES string of the molecule is CCNC(CCCOC)c1ccc(C(F)(F)F)cc1. The molecule has 0 bridgehead atoms. The molecule has 0 fully saturated rings. The fraction of sp³-hybridized carbons (Fsp3) is 0.571. The zero-order valence-electron chi connectivity index (χ0n) is 11.3. The Bertz CT molecular complexity index is 362. The lowest BCUT2D eigenvalue weighted by Crippen LogP contribution is -2.21. The molecule has 1 aromatic rings. The molecule has 0 amide bonds. The van der Waals surface area contributed by atoms with Gasteiger partial charge in [0.05, 0.1) is 5.56 Å². The molecule has 0 aliphatic rings. The van der Waals surface area contributed by atoms with Crippen molar-refractivity contribution < 1.29 is 17.9 Å². The number of rotatable bonds is 7. The summed E-state index contributed by atoms with van der Waals surface area (Å²) in [5.74, 6) is 0. The highest BCUT2D eigenvalue weighted by molar-refractivity contribution is 5.26. The summed E-state index contributed by atoms with van der Waals surface area (Å²) >= 11 is 0. The van der Waals surface area contributed by atoms with E-state index in [1.807, 2.05) is 6.92 Å². The first-order valence-electron chi connectivity index (χ1n) is 6.38. The van der Waals surface area contributed by atoms with Gasteiger partial charge in [-0.2, -0.15) is 13.2 Å². The van der Waals surface area contributed by atoms with Crippen molar-refractivity contribution in [1.82, 2.24) is 5.32 Å². The molecule has 1 atom stereocenters. The Kier molecular flexibility index (Phi) is 6.31. The molecule has 5 heteroatoms. The summed E-state index contributed by atoms with van der Waals surface area (Å²) in [4.78, 5) is 0. The number of hydrogen-bond donors (Lipinski definition) is 1. The summed E-state index contributed by atoms with van der Waals surface area (Å²) in [6.07, 6.45) is -2.56. The molecule has 0 spiro atoms. The van der Waals surface area contributed by atoms with Gasteiger partial charge in [0, 0.05) is 19.8 Å². The summed E-state index contributed by atoms with van der Waals surface area (Å²) in [5.41, 5.74) is 0.273. The van der Waals surface area contributed by atoms with Crippen LogP contribution in [0.1, 0.15) is 36.9 Å². The van der Waals surface area contributed by atoms with Gasteiger partial charge in [-0.15, -0.1) is 0 Å². The predicted octanol–water partition coefficient (Wildman–Crippen LogP) is 3.78. The van der Waals surface area contributed by atoms with E-state index in [0.717, 1.165) is 37.1 Å². The van der Waals surface area contributed by atoms with Crippen molar-refractivity contribution in [2.24, 2.45) is 0 Å².